The van der Waals surface area contributed by atoms with Crippen LogP contribution in [0.5, 0.6) is 0 Å². The van der Waals surface area contributed by atoms with Gasteiger partial charge in [0.1, 0.15) is 0 Å². The summed E-state index contributed by atoms with van der Waals surface area (Å²) in [6.07, 6.45) is 2.23. The molecule has 3 nitrogen and oxygen atoms in total. The minimum absolute atomic E-state index is 0.194. The van der Waals surface area contributed by atoms with Crippen LogP contribution >= 0.6 is 15.9 Å². The molecule has 0 saturated carbocycles. The van der Waals surface area contributed by atoms with Gasteiger partial charge in [-0.05, 0) is 19.4 Å². The molecular formula is C10H19BrN2O. The van der Waals surface area contributed by atoms with E-state index in [4.69, 9.17) is 0 Å². The fourth-order valence-electron chi connectivity index (χ4n) is 1.92. The Bertz CT molecular complexity index is 191. The van der Waals surface area contributed by atoms with E-state index < -0.39 is 0 Å². The van der Waals surface area contributed by atoms with Crippen molar-refractivity contribution in [2.75, 3.05) is 32.0 Å². The number of likely N-dealkylation sites (tertiary alicyclic amines) is 1. The van der Waals surface area contributed by atoms with E-state index in [-0.39, 0.29) is 5.91 Å². The molecule has 0 radical (unpaired) electrons. The molecule has 0 bridgehead atoms. The van der Waals surface area contributed by atoms with Crippen LogP contribution in [0.25, 0.3) is 0 Å². The first-order chi connectivity index (χ1) is 6.69. The van der Waals surface area contributed by atoms with E-state index >= 15 is 0 Å². The molecule has 1 saturated heterocycles. The Morgan fingerprint density at radius 2 is 2.07 bits per heavy atom. The minimum atomic E-state index is 0.194. The second-order valence-corrected chi connectivity index (χ2v) is 4.36. The lowest BCUT2D eigenvalue weighted by Crippen LogP contribution is -2.45. The van der Waals surface area contributed by atoms with Gasteiger partial charge in [0, 0.05) is 26.2 Å². The lowest BCUT2D eigenvalue weighted by atomic mass is 10.0. The quantitative estimate of drug-likeness (QED) is 0.717. The summed E-state index contributed by atoms with van der Waals surface area (Å²) in [5, 5.41) is 0.442. The highest BCUT2D eigenvalue weighted by atomic mass is 79.9. The van der Waals surface area contributed by atoms with Gasteiger partial charge in [-0.25, -0.2) is 0 Å². The van der Waals surface area contributed by atoms with Gasteiger partial charge in [-0.2, -0.15) is 0 Å². The van der Waals surface area contributed by atoms with Crippen molar-refractivity contribution in [1.29, 1.82) is 0 Å². The van der Waals surface area contributed by atoms with Crippen molar-refractivity contribution < 1.29 is 4.79 Å². The number of hydrogen-bond acceptors (Lipinski definition) is 2. The second-order valence-electron chi connectivity index (χ2n) is 3.80. The summed E-state index contributed by atoms with van der Waals surface area (Å²) < 4.78 is 0. The number of hydrogen-bond donors (Lipinski definition) is 0. The maximum atomic E-state index is 11.4. The van der Waals surface area contributed by atoms with Crippen LogP contribution in [0, 0.1) is 0 Å². The van der Waals surface area contributed by atoms with E-state index in [9.17, 15) is 4.79 Å². The van der Waals surface area contributed by atoms with Crippen molar-refractivity contribution in [3.05, 3.63) is 0 Å². The maximum absolute atomic E-state index is 11.4. The molecule has 0 aromatic heterocycles. The average Bonchev–Trinajstić information content (AvgIpc) is 2.27. The van der Waals surface area contributed by atoms with Crippen molar-refractivity contribution >= 4 is 21.8 Å². The molecule has 1 aliphatic rings. The Kier molecular flexibility index (Phi) is 4.89. The number of rotatable bonds is 3. The third kappa shape index (κ3) is 2.95. The lowest BCUT2D eigenvalue weighted by Gasteiger charge is -2.36. The molecule has 4 heteroatoms. The predicted molar refractivity (Wildman–Crippen MR) is 61.7 cm³/mol. The topological polar surface area (TPSA) is 23.6 Å². The molecule has 0 unspecified atom stereocenters. The molecule has 0 aliphatic carbocycles. The highest BCUT2D eigenvalue weighted by molar-refractivity contribution is 9.09. The summed E-state index contributed by atoms with van der Waals surface area (Å²) in [5.74, 6) is 0.194. The first-order valence-electron chi connectivity index (χ1n) is 5.23. The smallest absolute Gasteiger partial charge is 0.233 e. The molecule has 14 heavy (non-hydrogen) atoms. The van der Waals surface area contributed by atoms with Crippen molar-refractivity contribution in [1.82, 2.24) is 9.80 Å². The number of alkyl halides is 1. The van der Waals surface area contributed by atoms with E-state index in [0.717, 1.165) is 32.5 Å². The number of halogens is 1. The number of carbonyl (C=O) groups is 1. The molecule has 0 aromatic carbocycles. The molecule has 82 valence electrons. The Hall–Kier alpha value is -0.0900. The van der Waals surface area contributed by atoms with Gasteiger partial charge in [0.15, 0.2) is 0 Å². The SMILES string of the molecule is CCN1CCC(N(C)C(=O)CBr)CC1. The third-order valence-electron chi connectivity index (χ3n) is 3.06. The largest absolute Gasteiger partial charge is 0.342 e. The fourth-order valence-corrected chi connectivity index (χ4v) is 2.32. The van der Waals surface area contributed by atoms with Gasteiger partial charge in [0.25, 0.3) is 0 Å². The highest BCUT2D eigenvalue weighted by Crippen LogP contribution is 2.15. The van der Waals surface area contributed by atoms with Gasteiger partial charge in [0.05, 0.1) is 5.33 Å². The molecule has 1 aliphatic heterocycles. The van der Waals surface area contributed by atoms with Crippen LogP contribution in [-0.4, -0.2) is 53.8 Å². The summed E-state index contributed by atoms with van der Waals surface area (Å²) >= 11 is 3.21. The van der Waals surface area contributed by atoms with Crippen LogP contribution in [0.3, 0.4) is 0 Å². The molecule has 0 atom stereocenters. The summed E-state index contributed by atoms with van der Waals surface area (Å²) in [6, 6.07) is 0.447. The molecule has 0 aromatic rings. The van der Waals surface area contributed by atoms with Crippen molar-refractivity contribution in [3.8, 4) is 0 Å². The second kappa shape index (κ2) is 5.71. The summed E-state index contributed by atoms with van der Waals surface area (Å²) in [7, 11) is 1.91. The predicted octanol–water partition coefficient (Wildman–Crippen LogP) is 1.32. The average molecular weight is 263 g/mol. The van der Waals surface area contributed by atoms with E-state index in [1.807, 2.05) is 11.9 Å². The molecule has 1 heterocycles. The molecule has 0 spiro atoms. The number of carbonyl (C=O) groups excluding carboxylic acids is 1. The van der Waals surface area contributed by atoms with Crippen LogP contribution in [0.15, 0.2) is 0 Å². The molecule has 1 fully saturated rings. The van der Waals surface area contributed by atoms with Crippen molar-refractivity contribution in [2.45, 2.75) is 25.8 Å². The maximum Gasteiger partial charge on any atom is 0.233 e. The number of piperidine rings is 1. The molecule has 1 amide bonds. The van der Waals surface area contributed by atoms with Crippen LogP contribution in [0.1, 0.15) is 19.8 Å². The first kappa shape index (κ1) is 12.0. The third-order valence-corrected chi connectivity index (χ3v) is 3.54. The van der Waals surface area contributed by atoms with E-state index in [0.29, 0.717) is 11.4 Å². The monoisotopic (exact) mass is 262 g/mol. The standard InChI is InChI=1S/C10H19BrN2O/c1-3-13-6-4-9(5-7-13)12(2)10(14)8-11/h9H,3-8H2,1-2H3. The van der Waals surface area contributed by atoms with Gasteiger partial charge in [-0.3, -0.25) is 4.79 Å². The summed E-state index contributed by atoms with van der Waals surface area (Å²) in [6.45, 7) is 5.57. The van der Waals surface area contributed by atoms with Crippen LogP contribution in [0.2, 0.25) is 0 Å². The lowest BCUT2D eigenvalue weighted by molar-refractivity contribution is -0.129. The van der Waals surface area contributed by atoms with Crippen LogP contribution < -0.4 is 0 Å². The Balaban J connectivity index is 2.37. The Morgan fingerprint density at radius 3 is 2.50 bits per heavy atom. The highest BCUT2D eigenvalue weighted by Gasteiger charge is 2.23. The van der Waals surface area contributed by atoms with Crippen LogP contribution in [0.4, 0.5) is 0 Å². The Morgan fingerprint density at radius 1 is 1.50 bits per heavy atom. The van der Waals surface area contributed by atoms with Gasteiger partial charge in [-0.1, -0.05) is 22.9 Å². The molecular weight excluding hydrogens is 244 g/mol. The fraction of sp³-hybridized carbons (Fsp3) is 0.900. The zero-order valence-electron chi connectivity index (χ0n) is 9.00. The number of amides is 1. The van der Waals surface area contributed by atoms with Crippen molar-refractivity contribution in [2.24, 2.45) is 0 Å². The first-order valence-corrected chi connectivity index (χ1v) is 6.35. The molecule has 0 N–H and O–H groups in total. The minimum Gasteiger partial charge on any atom is -0.342 e. The Labute approximate surface area is 94.6 Å². The van der Waals surface area contributed by atoms with Gasteiger partial charge in [-0.15, -0.1) is 0 Å². The van der Waals surface area contributed by atoms with E-state index in [1.165, 1.54) is 0 Å². The van der Waals surface area contributed by atoms with Gasteiger partial charge in [0.2, 0.25) is 5.91 Å². The zero-order valence-corrected chi connectivity index (χ0v) is 10.6. The van der Waals surface area contributed by atoms with Gasteiger partial charge < -0.3 is 9.80 Å². The number of nitrogens with zero attached hydrogens (tertiary/aromatic N) is 2. The summed E-state index contributed by atoms with van der Waals surface area (Å²) in [4.78, 5) is 15.8. The summed E-state index contributed by atoms with van der Waals surface area (Å²) in [5.41, 5.74) is 0. The normalized spacial score (nSPS) is 19.6. The molecule has 1 rings (SSSR count). The zero-order chi connectivity index (χ0) is 10.6. The van der Waals surface area contributed by atoms with Crippen molar-refractivity contribution in [3.63, 3.8) is 0 Å². The van der Waals surface area contributed by atoms with Crippen LogP contribution in [-0.2, 0) is 4.79 Å². The van der Waals surface area contributed by atoms with E-state index in [1.54, 1.807) is 0 Å². The van der Waals surface area contributed by atoms with Gasteiger partial charge >= 0.3 is 0 Å². The van der Waals surface area contributed by atoms with E-state index in [2.05, 4.69) is 27.8 Å².